The Bertz CT molecular complexity index is 1040. The smallest absolute Gasteiger partial charge is 0.256 e. The number of methoxy groups -OCH3 is 1. The summed E-state index contributed by atoms with van der Waals surface area (Å²) in [6.45, 7) is 2.12. The van der Waals surface area contributed by atoms with Gasteiger partial charge in [0.2, 0.25) is 0 Å². The van der Waals surface area contributed by atoms with E-state index in [1.54, 1.807) is 31.5 Å². The van der Waals surface area contributed by atoms with Crippen molar-refractivity contribution >= 4 is 44.7 Å². The maximum absolute atomic E-state index is 12.6. The molecule has 1 fully saturated rings. The van der Waals surface area contributed by atoms with E-state index in [-0.39, 0.29) is 5.91 Å². The molecule has 2 N–H and O–H groups in total. The second-order valence-electron chi connectivity index (χ2n) is 7.00. The quantitative estimate of drug-likeness (QED) is 0.539. The van der Waals surface area contributed by atoms with Crippen molar-refractivity contribution in [3.8, 4) is 5.75 Å². The molecule has 0 spiro atoms. The van der Waals surface area contributed by atoms with E-state index < -0.39 is 0 Å². The maximum atomic E-state index is 12.6. The molecule has 1 saturated heterocycles. The van der Waals surface area contributed by atoms with Gasteiger partial charge in [0, 0.05) is 35.0 Å². The first-order chi connectivity index (χ1) is 14.6. The van der Waals surface area contributed by atoms with Crippen LogP contribution in [0.1, 0.15) is 23.2 Å². The largest absolute Gasteiger partial charge is 0.497 e. The van der Waals surface area contributed by atoms with Gasteiger partial charge in [-0.3, -0.25) is 4.79 Å². The van der Waals surface area contributed by atoms with Crippen LogP contribution in [0.15, 0.2) is 59.2 Å². The fourth-order valence-corrected chi connectivity index (χ4v) is 3.78. The standard InChI is InChI=1S/C22H22BrN5O2/c1-30-18-8-9-20(23)19(13-18)22(29)26-16-6-4-15(5-7-16)25-21-12-17(14-24-27-21)28-10-2-3-11-28/h4-9,12-14H,2-3,10-11H2,1H3,(H,25,27)(H,26,29). The molecule has 0 radical (unpaired) electrons. The highest BCUT2D eigenvalue weighted by Gasteiger charge is 2.14. The zero-order chi connectivity index (χ0) is 20.9. The summed E-state index contributed by atoms with van der Waals surface area (Å²) in [4.78, 5) is 14.9. The summed E-state index contributed by atoms with van der Waals surface area (Å²) in [5.41, 5.74) is 3.14. The number of nitrogens with one attached hydrogen (secondary N) is 2. The van der Waals surface area contributed by atoms with Gasteiger partial charge in [0.25, 0.3) is 5.91 Å². The van der Waals surface area contributed by atoms with Gasteiger partial charge in [-0.25, -0.2) is 0 Å². The van der Waals surface area contributed by atoms with E-state index in [1.165, 1.54) is 12.8 Å². The van der Waals surface area contributed by atoms with Crippen LogP contribution in [0.4, 0.5) is 22.9 Å². The number of hydrogen-bond donors (Lipinski definition) is 2. The summed E-state index contributed by atoms with van der Waals surface area (Å²) in [7, 11) is 1.57. The molecule has 0 aliphatic carbocycles. The van der Waals surface area contributed by atoms with E-state index in [4.69, 9.17) is 4.74 Å². The van der Waals surface area contributed by atoms with E-state index in [9.17, 15) is 4.79 Å². The van der Waals surface area contributed by atoms with E-state index in [1.807, 2.05) is 30.3 Å². The van der Waals surface area contributed by atoms with Gasteiger partial charge < -0.3 is 20.3 Å². The molecule has 0 atom stereocenters. The minimum Gasteiger partial charge on any atom is -0.497 e. The molecule has 2 aromatic carbocycles. The van der Waals surface area contributed by atoms with Crippen LogP contribution in [0.2, 0.25) is 0 Å². The van der Waals surface area contributed by atoms with Gasteiger partial charge in [-0.2, -0.15) is 5.10 Å². The van der Waals surface area contributed by atoms with Gasteiger partial charge in [-0.05, 0) is 71.2 Å². The average Bonchev–Trinajstić information content (AvgIpc) is 3.31. The molecule has 1 aliphatic heterocycles. The highest BCUT2D eigenvalue weighted by molar-refractivity contribution is 9.10. The fraction of sp³-hybridized carbons (Fsp3) is 0.227. The second-order valence-corrected chi connectivity index (χ2v) is 7.85. The summed E-state index contributed by atoms with van der Waals surface area (Å²) in [6.07, 6.45) is 4.22. The van der Waals surface area contributed by atoms with Crippen molar-refractivity contribution < 1.29 is 9.53 Å². The maximum Gasteiger partial charge on any atom is 0.256 e. The van der Waals surface area contributed by atoms with Crippen LogP contribution in [0, 0.1) is 0 Å². The summed E-state index contributed by atoms with van der Waals surface area (Å²) in [5, 5.41) is 14.4. The number of ether oxygens (including phenoxy) is 1. The number of amides is 1. The number of anilines is 4. The summed E-state index contributed by atoms with van der Waals surface area (Å²) >= 11 is 3.41. The minimum atomic E-state index is -0.217. The van der Waals surface area contributed by atoms with Crippen molar-refractivity contribution in [1.29, 1.82) is 0 Å². The van der Waals surface area contributed by atoms with Crippen LogP contribution in [0.5, 0.6) is 5.75 Å². The van der Waals surface area contributed by atoms with Crippen LogP contribution in [-0.4, -0.2) is 36.3 Å². The Hall–Kier alpha value is -3.13. The SMILES string of the molecule is COc1ccc(Br)c(C(=O)Nc2ccc(Nc3cc(N4CCCC4)cnn3)cc2)c1. The lowest BCUT2D eigenvalue weighted by Gasteiger charge is -2.17. The first-order valence-electron chi connectivity index (χ1n) is 9.72. The van der Waals surface area contributed by atoms with Crippen molar-refractivity contribution in [2.45, 2.75) is 12.8 Å². The Morgan fingerprint density at radius 3 is 2.53 bits per heavy atom. The predicted molar refractivity (Wildman–Crippen MR) is 122 cm³/mol. The fourth-order valence-electron chi connectivity index (χ4n) is 3.35. The third kappa shape index (κ3) is 4.71. The number of rotatable bonds is 6. The van der Waals surface area contributed by atoms with Gasteiger partial charge in [-0.1, -0.05) is 0 Å². The first kappa shape index (κ1) is 20.2. The van der Waals surface area contributed by atoms with Crippen molar-refractivity contribution in [2.75, 3.05) is 35.7 Å². The normalized spacial score (nSPS) is 13.2. The summed E-state index contributed by atoms with van der Waals surface area (Å²) in [6, 6.07) is 14.7. The number of carbonyl (C=O) groups excluding carboxylic acids is 1. The average molecular weight is 468 g/mol. The second kappa shape index (κ2) is 9.13. The molecular weight excluding hydrogens is 446 g/mol. The molecule has 1 aromatic heterocycles. The lowest BCUT2D eigenvalue weighted by atomic mass is 10.2. The van der Waals surface area contributed by atoms with Crippen molar-refractivity contribution in [3.05, 3.63) is 64.8 Å². The van der Waals surface area contributed by atoms with Gasteiger partial charge in [0.1, 0.15) is 5.75 Å². The molecule has 154 valence electrons. The van der Waals surface area contributed by atoms with E-state index >= 15 is 0 Å². The molecule has 30 heavy (non-hydrogen) atoms. The van der Waals surface area contributed by atoms with Crippen molar-refractivity contribution in [3.63, 3.8) is 0 Å². The van der Waals surface area contributed by atoms with Crippen LogP contribution in [-0.2, 0) is 0 Å². The molecule has 8 heteroatoms. The van der Waals surface area contributed by atoms with E-state index in [0.29, 0.717) is 27.3 Å². The molecule has 7 nitrogen and oxygen atoms in total. The Balaban J connectivity index is 1.42. The van der Waals surface area contributed by atoms with Crippen molar-refractivity contribution in [2.24, 2.45) is 0 Å². The monoisotopic (exact) mass is 467 g/mol. The summed E-state index contributed by atoms with van der Waals surface area (Å²) in [5.74, 6) is 1.10. The molecule has 3 aromatic rings. The molecule has 1 amide bonds. The topological polar surface area (TPSA) is 79.4 Å². The van der Waals surface area contributed by atoms with E-state index in [2.05, 4.69) is 41.7 Å². The number of benzene rings is 2. The van der Waals surface area contributed by atoms with Crippen LogP contribution < -0.4 is 20.3 Å². The minimum absolute atomic E-state index is 0.217. The number of hydrogen-bond acceptors (Lipinski definition) is 6. The highest BCUT2D eigenvalue weighted by Crippen LogP contribution is 2.25. The molecule has 2 heterocycles. The molecule has 4 rings (SSSR count). The number of carbonyl (C=O) groups is 1. The van der Waals surface area contributed by atoms with Crippen LogP contribution >= 0.6 is 15.9 Å². The van der Waals surface area contributed by atoms with Gasteiger partial charge in [-0.15, -0.1) is 5.10 Å². The number of nitrogens with zero attached hydrogens (tertiary/aromatic N) is 3. The first-order valence-corrected chi connectivity index (χ1v) is 10.5. The molecule has 0 saturated carbocycles. The zero-order valence-corrected chi connectivity index (χ0v) is 18.1. The van der Waals surface area contributed by atoms with Gasteiger partial charge in [0.15, 0.2) is 5.82 Å². The zero-order valence-electron chi connectivity index (χ0n) is 16.6. The summed E-state index contributed by atoms with van der Waals surface area (Å²) < 4.78 is 5.90. The third-order valence-corrected chi connectivity index (χ3v) is 5.64. The number of halogens is 1. The predicted octanol–water partition coefficient (Wildman–Crippen LogP) is 4.84. The van der Waals surface area contributed by atoms with Gasteiger partial charge >= 0.3 is 0 Å². The van der Waals surface area contributed by atoms with E-state index in [0.717, 1.165) is 24.5 Å². The molecule has 0 bridgehead atoms. The Kier molecular flexibility index (Phi) is 6.13. The Morgan fingerprint density at radius 1 is 1.07 bits per heavy atom. The Morgan fingerprint density at radius 2 is 1.80 bits per heavy atom. The third-order valence-electron chi connectivity index (χ3n) is 4.94. The van der Waals surface area contributed by atoms with Crippen LogP contribution in [0.25, 0.3) is 0 Å². The lowest BCUT2D eigenvalue weighted by Crippen LogP contribution is -2.18. The molecule has 0 unspecified atom stereocenters. The van der Waals surface area contributed by atoms with Crippen LogP contribution in [0.3, 0.4) is 0 Å². The van der Waals surface area contributed by atoms with Gasteiger partial charge in [0.05, 0.1) is 24.6 Å². The Labute approximate surface area is 183 Å². The molecule has 1 aliphatic rings. The molecular formula is C22H22BrN5O2. The van der Waals surface area contributed by atoms with Crippen molar-refractivity contribution in [1.82, 2.24) is 10.2 Å². The highest BCUT2D eigenvalue weighted by atomic mass is 79.9. The lowest BCUT2D eigenvalue weighted by molar-refractivity contribution is 0.102. The number of aromatic nitrogens is 2.